The number of benzene rings is 2. The molecule has 9 nitrogen and oxygen atoms in total. The van der Waals surface area contributed by atoms with E-state index >= 15 is 0 Å². The van der Waals surface area contributed by atoms with E-state index in [0.29, 0.717) is 35.7 Å². The molecule has 0 spiro atoms. The highest BCUT2D eigenvalue weighted by molar-refractivity contribution is 6.05. The molecule has 3 aromatic rings. The van der Waals surface area contributed by atoms with Gasteiger partial charge in [0.1, 0.15) is 17.6 Å². The number of aromatic nitrogens is 1. The van der Waals surface area contributed by atoms with Crippen molar-refractivity contribution >= 4 is 17.5 Å². The summed E-state index contributed by atoms with van der Waals surface area (Å²) in [5.74, 6) is 0.716. The zero-order chi connectivity index (χ0) is 27.9. The molecule has 9 heteroatoms. The van der Waals surface area contributed by atoms with Crippen molar-refractivity contribution in [1.29, 1.82) is 0 Å². The van der Waals surface area contributed by atoms with Gasteiger partial charge in [0.2, 0.25) is 0 Å². The van der Waals surface area contributed by atoms with Gasteiger partial charge in [0, 0.05) is 49.2 Å². The molecule has 1 aromatic heterocycles. The zero-order valence-corrected chi connectivity index (χ0v) is 22.8. The van der Waals surface area contributed by atoms with Crippen LogP contribution in [-0.4, -0.2) is 77.7 Å². The maximum atomic E-state index is 13.7. The van der Waals surface area contributed by atoms with Gasteiger partial charge in [0.25, 0.3) is 11.8 Å². The molecule has 2 aromatic carbocycles. The Morgan fingerprint density at radius 2 is 1.92 bits per heavy atom. The molecule has 0 saturated heterocycles. The summed E-state index contributed by atoms with van der Waals surface area (Å²) in [5, 5.41) is 12.8. The van der Waals surface area contributed by atoms with Gasteiger partial charge in [-0.1, -0.05) is 19.1 Å². The monoisotopic (exact) mass is 532 g/mol. The highest BCUT2D eigenvalue weighted by atomic mass is 16.5. The molecule has 206 valence electrons. The number of carbonyl (C=O) groups is 2. The number of hydrogen-bond acceptors (Lipinski definition) is 7. The number of fused-ring (bicyclic) bond motifs is 1. The van der Waals surface area contributed by atoms with Crippen LogP contribution in [0.3, 0.4) is 0 Å². The fourth-order valence-electron chi connectivity index (χ4n) is 4.64. The van der Waals surface area contributed by atoms with E-state index in [-0.39, 0.29) is 36.5 Å². The maximum Gasteiger partial charge on any atom is 0.258 e. The molecular formula is C30H36N4O5. The van der Waals surface area contributed by atoms with Gasteiger partial charge in [-0.25, -0.2) is 0 Å². The highest BCUT2D eigenvalue weighted by Crippen LogP contribution is 2.31. The van der Waals surface area contributed by atoms with Crippen LogP contribution in [0.2, 0.25) is 0 Å². The molecule has 1 aliphatic rings. The second kappa shape index (κ2) is 12.7. The van der Waals surface area contributed by atoms with Crippen LogP contribution in [0.15, 0.2) is 67.0 Å². The van der Waals surface area contributed by atoms with Crippen LogP contribution in [0.4, 0.5) is 5.69 Å². The number of ether oxygens (including phenoxy) is 2. The summed E-state index contributed by atoms with van der Waals surface area (Å²) >= 11 is 0. The Balaban J connectivity index is 1.58. The van der Waals surface area contributed by atoms with Crippen LogP contribution in [0.1, 0.15) is 40.1 Å². The van der Waals surface area contributed by atoms with E-state index in [1.54, 1.807) is 54.7 Å². The van der Waals surface area contributed by atoms with E-state index < -0.39 is 0 Å². The van der Waals surface area contributed by atoms with Gasteiger partial charge in [-0.3, -0.25) is 19.5 Å². The van der Waals surface area contributed by atoms with E-state index in [9.17, 15) is 14.7 Å². The van der Waals surface area contributed by atoms with Crippen molar-refractivity contribution < 1.29 is 24.2 Å². The third-order valence-electron chi connectivity index (χ3n) is 6.97. The summed E-state index contributed by atoms with van der Waals surface area (Å²) in [5.41, 5.74) is 2.43. The molecular weight excluding hydrogens is 496 g/mol. The Morgan fingerprint density at radius 3 is 2.59 bits per heavy atom. The van der Waals surface area contributed by atoms with Crippen LogP contribution < -0.4 is 14.8 Å². The lowest BCUT2D eigenvalue weighted by Crippen LogP contribution is -2.49. The second-order valence-electron chi connectivity index (χ2n) is 10.1. The lowest BCUT2D eigenvalue weighted by Gasteiger charge is -2.38. The molecule has 39 heavy (non-hydrogen) atoms. The van der Waals surface area contributed by atoms with E-state index in [0.717, 1.165) is 17.9 Å². The fourth-order valence-corrected chi connectivity index (χ4v) is 4.64. The van der Waals surface area contributed by atoms with Gasteiger partial charge in [0.05, 0.1) is 25.3 Å². The topological polar surface area (TPSA) is 104 Å². The maximum absolute atomic E-state index is 13.7. The number of pyridine rings is 1. The van der Waals surface area contributed by atoms with Crippen molar-refractivity contribution in [1.82, 2.24) is 14.8 Å². The average molecular weight is 533 g/mol. The van der Waals surface area contributed by atoms with Gasteiger partial charge < -0.3 is 24.8 Å². The van der Waals surface area contributed by atoms with Gasteiger partial charge in [-0.2, -0.15) is 0 Å². The van der Waals surface area contributed by atoms with Gasteiger partial charge in [0.15, 0.2) is 0 Å². The predicted molar refractivity (Wildman–Crippen MR) is 149 cm³/mol. The first-order valence-corrected chi connectivity index (χ1v) is 13.0. The summed E-state index contributed by atoms with van der Waals surface area (Å²) in [6, 6.07) is 15.9. The number of aliphatic hydroxyl groups is 1. The van der Waals surface area contributed by atoms with Crippen LogP contribution in [0.5, 0.6) is 11.5 Å². The normalized spacial score (nSPS) is 18.0. The number of aliphatic hydroxyl groups excluding tert-OH is 1. The highest BCUT2D eigenvalue weighted by Gasteiger charge is 2.33. The first kappa shape index (κ1) is 28.1. The first-order valence-electron chi connectivity index (χ1n) is 13.0. The molecule has 2 heterocycles. The quantitative estimate of drug-likeness (QED) is 0.433. The Bertz CT molecular complexity index is 1270. The number of anilines is 1. The minimum atomic E-state index is -0.376. The van der Waals surface area contributed by atoms with Crippen LogP contribution in [-0.2, 0) is 6.54 Å². The number of rotatable bonds is 9. The molecule has 2 amide bonds. The molecule has 0 radical (unpaired) electrons. The molecule has 3 atom stereocenters. The van der Waals surface area contributed by atoms with Crippen molar-refractivity contribution in [2.24, 2.45) is 5.92 Å². The van der Waals surface area contributed by atoms with Crippen molar-refractivity contribution in [2.45, 2.75) is 32.5 Å². The Morgan fingerprint density at radius 1 is 1.21 bits per heavy atom. The Labute approximate surface area is 229 Å². The average Bonchev–Trinajstić information content (AvgIpc) is 2.95. The van der Waals surface area contributed by atoms with E-state index in [4.69, 9.17) is 9.47 Å². The minimum Gasteiger partial charge on any atom is -0.497 e. The summed E-state index contributed by atoms with van der Waals surface area (Å²) in [6.45, 7) is 5.50. The largest absolute Gasteiger partial charge is 0.497 e. The predicted octanol–water partition coefficient (Wildman–Crippen LogP) is 3.69. The van der Waals surface area contributed by atoms with Crippen molar-refractivity contribution in [3.8, 4) is 11.5 Å². The standard InChI is InChI=1S/C30H36N4O5/c1-20-16-34(21(2)19-35)30(37)26-15-24(32-29(36)23-11-13-31-14-12-23)7-10-27(26)39-28(20)18-33(3)17-22-5-8-25(38-4)9-6-22/h5-15,20-21,28,35H,16-19H2,1-4H3,(H,32,36)/t20-,21+,28+/m0/s1. The molecule has 0 fully saturated rings. The summed E-state index contributed by atoms with van der Waals surface area (Å²) in [7, 11) is 3.69. The van der Waals surface area contributed by atoms with Crippen LogP contribution >= 0.6 is 0 Å². The summed E-state index contributed by atoms with van der Waals surface area (Å²) in [6.07, 6.45) is 2.88. The molecule has 0 bridgehead atoms. The molecule has 0 unspecified atom stereocenters. The number of methoxy groups -OCH3 is 1. The van der Waals surface area contributed by atoms with E-state index in [1.165, 1.54) is 0 Å². The van der Waals surface area contributed by atoms with Gasteiger partial charge in [-0.05, 0) is 62.0 Å². The number of likely N-dealkylation sites (N-methyl/N-ethyl adjacent to an activating group) is 1. The minimum absolute atomic E-state index is 0.000451. The second-order valence-corrected chi connectivity index (χ2v) is 10.1. The number of hydrogen-bond donors (Lipinski definition) is 2. The number of amides is 2. The molecule has 1 aliphatic heterocycles. The molecule has 4 rings (SSSR count). The zero-order valence-electron chi connectivity index (χ0n) is 22.8. The smallest absolute Gasteiger partial charge is 0.258 e. The van der Waals surface area contributed by atoms with Crippen molar-refractivity contribution in [3.63, 3.8) is 0 Å². The Kier molecular flexibility index (Phi) is 9.16. The SMILES string of the molecule is COc1ccc(CN(C)C[C@H]2Oc3ccc(NC(=O)c4ccncc4)cc3C(=O)N([C@H](C)CO)C[C@@H]2C)cc1. The van der Waals surface area contributed by atoms with Crippen LogP contribution in [0, 0.1) is 5.92 Å². The lowest BCUT2D eigenvalue weighted by molar-refractivity contribution is 0.0341. The summed E-state index contributed by atoms with van der Waals surface area (Å²) < 4.78 is 11.7. The summed E-state index contributed by atoms with van der Waals surface area (Å²) in [4.78, 5) is 34.2. The molecule has 2 N–H and O–H groups in total. The van der Waals surface area contributed by atoms with Gasteiger partial charge >= 0.3 is 0 Å². The molecule has 0 aliphatic carbocycles. The third-order valence-corrected chi connectivity index (χ3v) is 6.97. The van der Waals surface area contributed by atoms with E-state index in [2.05, 4.69) is 22.1 Å². The molecule has 0 saturated carbocycles. The Hall–Kier alpha value is -3.95. The fraction of sp³-hybridized carbons (Fsp3) is 0.367. The van der Waals surface area contributed by atoms with E-state index in [1.807, 2.05) is 38.2 Å². The third kappa shape index (κ3) is 6.93. The van der Waals surface area contributed by atoms with Crippen molar-refractivity contribution in [2.75, 3.05) is 39.2 Å². The number of nitrogens with zero attached hydrogens (tertiary/aromatic N) is 3. The van der Waals surface area contributed by atoms with Gasteiger partial charge in [-0.15, -0.1) is 0 Å². The van der Waals surface area contributed by atoms with Crippen LogP contribution in [0.25, 0.3) is 0 Å². The lowest BCUT2D eigenvalue weighted by atomic mass is 9.99. The first-order chi connectivity index (χ1) is 18.8. The number of nitrogens with one attached hydrogen (secondary N) is 1. The number of carbonyl (C=O) groups excluding carboxylic acids is 2. The van der Waals surface area contributed by atoms with Crippen molar-refractivity contribution in [3.05, 3.63) is 83.7 Å².